The average Bonchev–Trinajstić information content (AvgIpc) is 1.58. The predicted molar refractivity (Wildman–Crippen MR) is 561 cm³/mol. The molecule has 0 amide bonds. The fraction of sp³-hybridized carbons (Fsp3) is 0.324. The lowest BCUT2D eigenvalue weighted by atomic mass is 10.0. The zero-order valence-electron chi connectivity index (χ0n) is 78.6. The first-order chi connectivity index (χ1) is 68.1. The fourth-order valence-corrected chi connectivity index (χ4v) is 19.2. The van der Waals surface area contributed by atoms with Crippen molar-refractivity contribution in [1.82, 2.24) is 93.6 Å². The summed E-state index contributed by atoms with van der Waals surface area (Å²) in [6.07, 6.45) is 17.2. The minimum absolute atomic E-state index is 0.0173. The maximum atomic E-state index is 13.0. The van der Waals surface area contributed by atoms with Gasteiger partial charge in [0.25, 0.3) is 33.4 Å². The summed E-state index contributed by atoms with van der Waals surface area (Å²) in [5, 5.41) is 72.9. The zero-order chi connectivity index (χ0) is 98.5. The maximum Gasteiger partial charge on any atom is 0.262 e. The lowest BCUT2D eigenvalue weighted by molar-refractivity contribution is 0.284. The molecule has 0 atom stereocenters. The van der Waals surface area contributed by atoms with Crippen molar-refractivity contribution in [3.8, 4) is 22.3 Å². The van der Waals surface area contributed by atoms with Gasteiger partial charge in [0.05, 0.1) is 77.9 Å². The van der Waals surface area contributed by atoms with E-state index in [1.807, 2.05) is 117 Å². The third-order valence-electron chi connectivity index (χ3n) is 25.6. The fourth-order valence-electron chi connectivity index (χ4n) is 18.6. The van der Waals surface area contributed by atoms with Gasteiger partial charge in [0.1, 0.15) is 33.1 Å². The number of benzene rings is 6. The zero-order valence-corrected chi connectivity index (χ0v) is 80.8. The van der Waals surface area contributed by atoms with Crippen molar-refractivity contribution < 1.29 is 14.6 Å². The first-order valence-electron chi connectivity index (χ1n) is 47.3. The number of halogens is 3. The summed E-state index contributed by atoms with van der Waals surface area (Å²) in [6.45, 7) is 16.7. The topological polar surface area (TPSA) is 530 Å². The van der Waals surface area contributed by atoms with E-state index in [0.717, 1.165) is 179 Å². The van der Waals surface area contributed by atoms with Gasteiger partial charge in [-0.3, -0.25) is 64.3 Å². The highest BCUT2D eigenvalue weighted by molar-refractivity contribution is 6.32. The van der Waals surface area contributed by atoms with Crippen molar-refractivity contribution in [3.63, 3.8) is 0 Å². The molecule has 6 aromatic carbocycles. The average molecular weight is 1960 g/mol. The molecule has 0 bridgehead atoms. The van der Waals surface area contributed by atoms with Gasteiger partial charge in [-0.2, -0.15) is 30.6 Å². The number of fused-ring (bicyclic) bond motifs is 18. The molecule has 0 unspecified atom stereocenters. The van der Waals surface area contributed by atoms with Gasteiger partial charge < -0.3 is 81.3 Å². The summed E-state index contributed by atoms with van der Waals surface area (Å²) in [6, 6.07) is 40.7. The molecule has 20 aromatic rings. The number of nitrogens with one attached hydrogen (secondary N) is 6. The molecular weight excluding hydrogens is 1840 g/mol. The molecule has 14 aromatic heterocycles. The second-order valence-corrected chi connectivity index (χ2v) is 36.1. The summed E-state index contributed by atoms with van der Waals surface area (Å²) in [5.41, 5.74) is 52.9. The number of anilines is 1. The molecule has 1 aliphatic rings. The van der Waals surface area contributed by atoms with Crippen LogP contribution < -0.4 is 72.7 Å². The molecule has 35 nitrogen and oxygen atoms in total. The molecule has 1 aliphatic heterocycles. The quantitative estimate of drug-likeness (QED) is 0.0203. The van der Waals surface area contributed by atoms with Crippen molar-refractivity contribution in [1.29, 1.82) is 0 Å². The number of aliphatic hydroxyl groups is 2. The van der Waals surface area contributed by atoms with E-state index in [1.54, 1.807) is 59.8 Å². The van der Waals surface area contributed by atoms with Crippen LogP contribution in [0.3, 0.4) is 0 Å². The Labute approximate surface area is 815 Å². The van der Waals surface area contributed by atoms with Crippen LogP contribution in [-0.4, -0.2) is 169 Å². The molecule has 1 fully saturated rings. The molecule has 0 aliphatic carbocycles. The number of rotatable bonds is 28. The van der Waals surface area contributed by atoms with Crippen molar-refractivity contribution in [2.75, 3.05) is 70.5 Å². The van der Waals surface area contributed by atoms with Crippen LogP contribution in [0.2, 0.25) is 15.1 Å². The highest BCUT2D eigenvalue weighted by Gasteiger charge is 2.25. The number of unbranched alkanes of at least 4 members (excludes halogenated alkanes) is 1. The minimum Gasteiger partial charge on any atom is -0.472 e. The number of aliphatic hydroxyl groups excluding tert-OH is 2. The molecule has 20 N–H and O–H groups in total. The van der Waals surface area contributed by atoms with Crippen LogP contribution in [0.1, 0.15) is 105 Å². The number of aromatic amines is 6. The monoisotopic (exact) mass is 1950 g/mol. The first kappa shape index (κ1) is 99.2. The number of aromatic nitrogens is 19. The number of hydrogen-bond acceptors (Lipinski definition) is 23. The van der Waals surface area contributed by atoms with Crippen molar-refractivity contribution in [2.24, 2.45) is 34.4 Å². The summed E-state index contributed by atoms with van der Waals surface area (Å²) in [5.74, 6) is 0. The summed E-state index contributed by atoms with van der Waals surface area (Å²) < 4.78 is 15.9. The normalized spacial score (nSPS) is 12.2. The standard InChI is InChI=1S/C19H19N5O.C18H23N5O.C18H18N4O2.C17H21ClN4O2.C16H19ClN4O2.C14H15ClN4O/c1-12-17-18(23-22-12)15-10-13(14-4-2-8-21-11-14)5-6-16(15)24(19(17)25)9-3-7-20;1-12-16-17(21-20-12)14-11-13(22-8-2-3-9-22)5-6-15(14)23(18(16)24)10-4-7-19;1-11-16-17(21-20-11)14-9-12(13-5-8-24-10-13)3-4-15(14)22(18(16)23)7-2-6-19;18-11-5-6-14-12(10-11)16-15(17(24)22(14)8-3-7-19)13(20-21-16)4-1-2-9-23;17-10-4-5-13-11(9-10)15-14(12(19-20-15)3-1-8-22)16(23)21(13)7-2-6-18;1-8-12-13(18-17-8)10-7-9(15)3-4-11(10)19(14(12)20)6-2-5-16/h2,4-6,8,10-11H,3,7,9,20H2,1H3,(H,22,23);5-6,11H,2-4,7-10,19H2,1H3,(H,20,21);3-5,8-10H,2,6-7,19H2,1H3,(H,20,21);5-6,10,23H,1-4,7-9,19H2,(H,20,21);4-5,9,22H,1-3,6-8,18H2,(H,19,20);3-4,7H,2,5-6,16H2,1H3,(H,17,18). The van der Waals surface area contributed by atoms with Gasteiger partial charge in [0.15, 0.2) is 0 Å². The Balaban J connectivity index is 0.000000121. The second-order valence-electron chi connectivity index (χ2n) is 34.8. The van der Waals surface area contributed by atoms with E-state index in [0.29, 0.717) is 186 Å². The number of aryl methyl sites for hydroxylation is 12. The molecule has 140 heavy (non-hydrogen) atoms. The van der Waals surface area contributed by atoms with Crippen molar-refractivity contribution >= 4 is 171 Å². The number of pyridine rings is 7. The van der Waals surface area contributed by atoms with Gasteiger partial charge in [-0.15, -0.1) is 0 Å². The highest BCUT2D eigenvalue weighted by atomic mass is 35.5. The van der Waals surface area contributed by atoms with Gasteiger partial charge in [-0.05, 0) is 271 Å². The van der Waals surface area contributed by atoms with E-state index in [1.165, 1.54) is 18.5 Å². The lowest BCUT2D eigenvalue weighted by Gasteiger charge is -2.19. The Kier molecular flexibility index (Phi) is 31.9. The van der Waals surface area contributed by atoms with Crippen LogP contribution in [0, 0.1) is 27.7 Å². The van der Waals surface area contributed by atoms with Crippen LogP contribution in [-0.2, 0) is 52.1 Å². The molecule has 21 rings (SSSR count). The molecule has 728 valence electrons. The Bertz CT molecular complexity index is 8280. The van der Waals surface area contributed by atoms with E-state index >= 15 is 0 Å². The van der Waals surface area contributed by atoms with Gasteiger partial charge in [0.2, 0.25) is 0 Å². The molecule has 0 spiro atoms. The number of nitrogens with two attached hydrogens (primary N) is 6. The van der Waals surface area contributed by atoms with E-state index in [9.17, 15) is 28.8 Å². The SMILES string of the molecule is Cc1[nH]nc2c1c(=O)n(CCCN)c1ccc(-c3cccnc3)cc21.Cc1[nH]nc2c1c(=O)n(CCCN)c1ccc(-c3ccoc3)cc21.Cc1[nH]nc2c1c(=O)n(CCCN)c1ccc(Cl)cc21.Cc1[nH]nc2c1c(=O)n(CCCN)c1ccc(N3CCCC3)cc21.NCCCn1c(=O)c2c(CCCCO)[nH]nc2c2cc(Cl)ccc21.NCCCn1c(=O)c2c(CCCO)[nH]nc2c2cc(Cl)ccc21. The van der Waals surface area contributed by atoms with Gasteiger partial charge in [0, 0.05) is 176 Å². The number of hydrogen-bond donors (Lipinski definition) is 14. The third-order valence-corrected chi connectivity index (χ3v) is 26.3. The minimum atomic E-state index is -0.0787. The van der Waals surface area contributed by atoms with Crippen molar-refractivity contribution in [3.05, 3.63) is 264 Å². The number of H-pyrrole nitrogens is 6. The molecule has 15 heterocycles. The molecule has 0 radical (unpaired) electrons. The lowest BCUT2D eigenvalue weighted by Crippen LogP contribution is -2.23. The maximum absolute atomic E-state index is 13.0. The summed E-state index contributed by atoms with van der Waals surface area (Å²) in [4.78, 5) is 84.0. The van der Waals surface area contributed by atoms with Crippen molar-refractivity contribution in [2.45, 2.75) is 150 Å². The Morgan fingerprint density at radius 1 is 0.343 bits per heavy atom. The predicted octanol–water partition coefficient (Wildman–Crippen LogP) is 13.7. The van der Waals surface area contributed by atoms with Crippen LogP contribution in [0.15, 0.2) is 185 Å². The number of furan rings is 1. The highest BCUT2D eigenvalue weighted by Crippen LogP contribution is 2.36. The molecule has 1 saturated heterocycles. The first-order valence-corrected chi connectivity index (χ1v) is 48.4. The Morgan fingerprint density at radius 2 is 0.657 bits per heavy atom. The van der Waals surface area contributed by atoms with E-state index < -0.39 is 0 Å². The van der Waals surface area contributed by atoms with Gasteiger partial charge in [-0.1, -0.05) is 53.0 Å². The summed E-state index contributed by atoms with van der Waals surface area (Å²) in [7, 11) is 0. The molecule has 38 heteroatoms. The molecule has 0 saturated carbocycles. The van der Waals surface area contributed by atoms with E-state index in [2.05, 4.69) is 101 Å². The van der Waals surface area contributed by atoms with Crippen LogP contribution in [0.25, 0.3) is 153 Å². The Hall–Kier alpha value is -13.8. The molecular formula is C102H115Cl3N26O9. The Morgan fingerprint density at radius 3 is 0.993 bits per heavy atom. The third kappa shape index (κ3) is 20.2. The smallest absolute Gasteiger partial charge is 0.262 e. The number of nitrogens with zero attached hydrogens (tertiary/aromatic N) is 14. The second kappa shape index (κ2) is 45.0. The van der Waals surface area contributed by atoms with E-state index in [-0.39, 0.29) is 46.6 Å². The van der Waals surface area contributed by atoms with Crippen LogP contribution in [0.5, 0.6) is 0 Å². The van der Waals surface area contributed by atoms with Crippen LogP contribution in [0.4, 0.5) is 5.69 Å². The van der Waals surface area contributed by atoms with Gasteiger partial charge >= 0.3 is 0 Å². The summed E-state index contributed by atoms with van der Waals surface area (Å²) >= 11 is 18.4. The van der Waals surface area contributed by atoms with Crippen LogP contribution >= 0.6 is 34.8 Å². The van der Waals surface area contributed by atoms with E-state index in [4.69, 9.17) is 83.8 Å². The van der Waals surface area contributed by atoms with Gasteiger partial charge in [-0.25, -0.2) is 0 Å². The largest absolute Gasteiger partial charge is 0.472 e.